The van der Waals surface area contributed by atoms with Crippen LogP contribution in [0.25, 0.3) is 0 Å². The van der Waals surface area contributed by atoms with Gasteiger partial charge in [-0.05, 0) is 55.7 Å². The molecule has 4 N–H and O–H groups in total. The van der Waals surface area contributed by atoms with Crippen LogP contribution < -0.4 is 16.4 Å². The number of anilines is 1. The highest BCUT2D eigenvalue weighted by Gasteiger charge is 2.45. The molecule has 1 saturated carbocycles. The lowest BCUT2D eigenvalue weighted by atomic mass is 9.75. The van der Waals surface area contributed by atoms with Crippen molar-refractivity contribution in [3.05, 3.63) is 28.8 Å². The molecular formula is C29H40ClFN4O6. The van der Waals surface area contributed by atoms with E-state index in [2.05, 4.69) is 31.4 Å². The number of nitrogen functional groups attached to an aromatic ring is 1. The lowest BCUT2D eigenvalue weighted by molar-refractivity contribution is -0.191. The Kier molecular flexibility index (Phi) is 9.79. The number of nitrogens with two attached hydrogens (primary N) is 1. The molecule has 1 aliphatic carbocycles. The molecule has 41 heavy (non-hydrogen) atoms. The second-order valence-corrected chi connectivity index (χ2v) is 12.4. The van der Waals surface area contributed by atoms with E-state index in [9.17, 15) is 23.6 Å². The predicted molar refractivity (Wildman–Crippen MR) is 150 cm³/mol. The lowest BCUT2D eigenvalue weighted by Gasteiger charge is -2.38. The molecule has 1 aromatic carbocycles. The SMILES string of the molecule is CC1CC[C@@H](C(C)C)[C@H](O[C@@H]2OC(=O)C[C@@H]2NC(=O)[C@@H]2CC(F)CN2C(=O)[C@H](C)NC(=O)c2ccc(N)c(Cl)c2)C1. The molecule has 3 fully saturated rings. The number of nitrogens with one attached hydrogen (secondary N) is 2. The molecule has 1 aromatic rings. The maximum absolute atomic E-state index is 14.5. The minimum Gasteiger partial charge on any atom is -0.433 e. The van der Waals surface area contributed by atoms with Gasteiger partial charge < -0.3 is 30.7 Å². The highest BCUT2D eigenvalue weighted by atomic mass is 35.5. The van der Waals surface area contributed by atoms with Crippen molar-refractivity contribution >= 4 is 41.0 Å². The molecule has 0 bridgehead atoms. The number of benzene rings is 1. The first-order valence-corrected chi connectivity index (χ1v) is 14.7. The van der Waals surface area contributed by atoms with Gasteiger partial charge >= 0.3 is 5.97 Å². The molecule has 8 atom stereocenters. The molecule has 0 aromatic heterocycles. The Bertz CT molecular complexity index is 1170. The largest absolute Gasteiger partial charge is 0.433 e. The molecule has 0 radical (unpaired) electrons. The number of cyclic esters (lactones) is 1. The van der Waals surface area contributed by atoms with Crippen LogP contribution in [0.3, 0.4) is 0 Å². The van der Waals surface area contributed by atoms with E-state index in [1.807, 2.05) is 0 Å². The molecule has 2 aliphatic heterocycles. The molecule has 0 spiro atoms. The van der Waals surface area contributed by atoms with Crippen LogP contribution in [0.2, 0.25) is 5.02 Å². The molecule has 4 rings (SSSR count). The van der Waals surface area contributed by atoms with Gasteiger partial charge in [-0.15, -0.1) is 0 Å². The van der Waals surface area contributed by atoms with Gasteiger partial charge in [-0.1, -0.05) is 38.8 Å². The van der Waals surface area contributed by atoms with E-state index in [4.69, 9.17) is 26.8 Å². The molecule has 10 nitrogen and oxygen atoms in total. The second kappa shape index (κ2) is 12.9. The van der Waals surface area contributed by atoms with Gasteiger partial charge in [0.25, 0.3) is 5.91 Å². The summed E-state index contributed by atoms with van der Waals surface area (Å²) in [6.45, 7) is 7.62. The maximum atomic E-state index is 14.5. The van der Waals surface area contributed by atoms with Crippen LogP contribution in [-0.2, 0) is 23.9 Å². The first-order chi connectivity index (χ1) is 19.3. The van der Waals surface area contributed by atoms with Gasteiger partial charge in [0.05, 0.1) is 29.8 Å². The summed E-state index contributed by atoms with van der Waals surface area (Å²) in [6.07, 6.45) is 0.175. The van der Waals surface area contributed by atoms with E-state index in [1.54, 1.807) is 0 Å². The normalized spacial score (nSPS) is 30.7. The number of amides is 3. The van der Waals surface area contributed by atoms with Gasteiger partial charge in [0.15, 0.2) is 0 Å². The highest BCUT2D eigenvalue weighted by Crippen LogP contribution is 2.37. The van der Waals surface area contributed by atoms with E-state index in [0.717, 1.165) is 24.2 Å². The van der Waals surface area contributed by atoms with Crippen LogP contribution in [0.15, 0.2) is 18.2 Å². The number of alkyl halides is 1. The average molecular weight is 595 g/mol. The third kappa shape index (κ3) is 7.30. The van der Waals surface area contributed by atoms with Crippen molar-refractivity contribution < 1.29 is 33.0 Å². The number of hydrogen-bond donors (Lipinski definition) is 3. The molecule has 2 heterocycles. The summed E-state index contributed by atoms with van der Waals surface area (Å²) in [6, 6.07) is 1.41. The number of carbonyl (C=O) groups is 4. The van der Waals surface area contributed by atoms with Gasteiger partial charge in [-0.3, -0.25) is 19.2 Å². The van der Waals surface area contributed by atoms with E-state index >= 15 is 0 Å². The van der Waals surface area contributed by atoms with Crippen molar-refractivity contribution in [2.45, 2.75) is 96.5 Å². The number of rotatable bonds is 8. The predicted octanol–water partition coefficient (Wildman–Crippen LogP) is 3.21. The highest BCUT2D eigenvalue weighted by molar-refractivity contribution is 6.33. The van der Waals surface area contributed by atoms with Crippen molar-refractivity contribution in [1.82, 2.24) is 15.5 Å². The Balaban J connectivity index is 1.40. The summed E-state index contributed by atoms with van der Waals surface area (Å²) in [4.78, 5) is 52.6. The van der Waals surface area contributed by atoms with Crippen LogP contribution in [0, 0.1) is 17.8 Å². The molecule has 3 amide bonds. The fourth-order valence-corrected chi connectivity index (χ4v) is 6.22. The fraction of sp³-hybridized carbons (Fsp3) is 0.655. The van der Waals surface area contributed by atoms with Gasteiger partial charge in [-0.2, -0.15) is 0 Å². The van der Waals surface area contributed by atoms with Crippen LogP contribution in [-0.4, -0.2) is 71.8 Å². The zero-order valence-electron chi connectivity index (χ0n) is 23.9. The molecule has 2 unspecified atom stereocenters. The van der Waals surface area contributed by atoms with Crippen molar-refractivity contribution in [2.75, 3.05) is 12.3 Å². The molecule has 3 aliphatic rings. The summed E-state index contributed by atoms with van der Waals surface area (Å²) in [5.41, 5.74) is 6.20. The average Bonchev–Trinajstić information content (AvgIpc) is 3.46. The Morgan fingerprint density at radius 2 is 1.93 bits per heavy atom. The van der Waals surface area contributed by atoms with Crippen molar-refractivity contribution in [1.29, 1.82) is 0 Å². The Hall–Kier alpha value is -2.92. The third-order valence-corrected chi connectivity index (χ3v) is 8.70. The molecule has 12 heteroatoms. The standard InChI is InChI=1S/C29H40ClFN4O6/c1-14(2)19-7-5-15(3)9-24(19)40-29-22(12-25(36)41-29)34-27(38)23-11-18(31)13-35(23)28(39)16(4)33-26(37)17-6-8-21(32)20(30)10-17/h6,8,10,14-16,18-19,22-24,29H,5,7,9,11-13,32H2,1-4H3,(H,33,37)(H,34,38)/t15?,16-,18?,19-,22-,23-,24+,29+/m0/s1. The molecule has 226 valence electrons. The zero-order valence-corrected chi connectivity index (χ0v) is 24.7. The van der Waals surface area contributed by atoms with E-state index in [0.29, 0.717) is 23.4 Å². The third-order valence-electron chi connectivity index (χ3n) is 8.38. The van der Waals surface area contributed by atoms with Crippen molar-refractivity contribution in [3.8, 4) is 0 Å². The fourth-order valence-electron chi connectivity index (χ4n) is 6.04. The number of ether oxygens (including phenoxy) is 2. The summed E-state index contributed by atoms with van der Waals surface area (Å²) >= 11 is 6.00. The van der Waals surface area contributed by atoms with Gasteiger partial charge in [0.1, 0.15) is 24.3 Å². The number of esters is 1. The van der Waals surface area contributed by atoms with Gasteiger partial charge in [0, 0.05) is 12.0 Å². The monoisotopic (exact) mass is 594 g/mol. The number of halogens is 2. The summed E-state index contributed by atoms with van der Waals surface area (Å²) in [5.74, 6) is -1.11. The number of likely N-dealkylation sites (tertiary alicyclic amines) is 1. The minimum absolute atomic E-state index is 0.0820. The Morgan fingerprint density at radius 3 is 2.61 bits per heavy atom. The number of hydrogen-bond acceptors (Lipinski definition) is 7. The van der Waals surface area contributed by atoms with Crippen LogP contribution in [0.1, 0.15) is 70.2 Å². The number of carbonyl (C=O) groups excluding carboxylic acids is 4. The van der Waals surface area contributed by atoms with E-state index in [1.165, 1.54) is 25.1 Å². The topological polar surface area (TPSA) is 140 Å². The maximum Gasteiger partial charge on any atom is 0.310 e. The van der Waals surface area contributed by atoms with Crippen LogP contribution in [0.5, 0.6) is 0 Å². The molecular weight excluding hydrogens is 555 g/mol. The molecule has 2 saturated heterocycles. The second-order valence-electron chi connectivity index (χ2n) is 11.9. The summed E-state index contributed by atoms with van der Waals surface area (Å²) < 4.78 is 26.3. The van der Waals surface area contributed by atoms with E-state index < -0.39 is 54.3 Å². The quantitative estimate of drug-likeness (QED) is 0.310. The first kappa shape index (κ1) is 31.0. The van der Waals surface area contributed by atoms with Gasteiger partial charge in [-0.25, -0.2) is 4.39 Å². The summed E-state index contributed by atoms with van der Waals surface area (Å²) in [7, 11) is 0. The van der Waals surface area contributed by atoms with E-state index in [-0.39, 0.29) is 36.1 Å². The minimum atomic E-state index is -1.42. The number of nitrogens with zero attached hydrogens (tertiary/aromatic N) is 1. The summed E-state index contributed by atoms with van der Waals surface area (Å²) in [5, 5.41) is 5.55. The Labute approximate surface area is 244 Å². The van der Waals surface area contributed by atoms with Crippen LogP contribution in [0.4, 0.5) is 10.1 Å². The van der Waals surface area contributed by atoms with Crippen molar-refractivity contribution in [2.24, 2.45) is 17.8 Å². The smallest absolute Gasteiger partial charge is 0.310 e. The first-order valence-electron chi connectivity index (χ1n) is 14.3. The zero-order chi connectivity index (χ0) is 30.0. The van der Waals surface area contributed by atoms with Crippen molar-refractivity contribution in [3.63, 3.8) is 0 Å². The van der Waals surface area contributed by atoms with Gasteiger partial charge in [0.2, 0.25) is 18.1 Å². The lowest BCUT2D eigenvalue weighted by Crippen LogP contribution is -2.55. The Morgan fingerprint density at radius 1 is 1.20 bits per heavy atom. The van der Waals surface area contributed by atoms with Crippen LogP contribution >= 0.6 is 11.6 Å².